The maximum absolute atomic E-state index is 12.4. The molecule has 0 radical (unpaired) electrons. The number of hydrogen-bond acceptors (Lipinski definition) is 7. The van der Waals surface area contributed by atoms with E-state index in [0.717, 1.165) is 10.9 Å². The van der Waals surface area contributed by atoms with Crippen LogP contribution in [0.3, 0.4) is 0 Å². The number of pyridine rings is 1. The molecule has 4 aromatic rings. The number of nitrogens with zero attached hydrogens (tertiary/aromatic N) is 5. The molecule has 0 fully saturated rings. The van der Waals surface area contributed by atoms with E-state index in [4.69, 9.17) is 4.42 Å². The van der Waals surface area contributed by atoms with Crippen molar-refractivity contribution >= 4 is 28.4 Å². The fourth-order valence-electron chi connectivity index (χ4n) is 2.80. The summed E-state index contributed by atoms with van der Waals surface area (Å²) in [6.45, 7) is 0. The largest absolute Gasteiger partial charge is 1.00 e. The van der Waals surface area contributed by atoms with Gasteiger partial charge in [-0.15, -0.1) is 10.2 Å². The summed E-state index contributed by atoms with van der Waals surface area (Å²) >= 11 is 1.48. The quantitative estimate of drug-likeness (QED) is 0.436. The maximum Gasteiger partial charge on any atom is 0.345 e. The molecule has 0 spiro atoms. The highest BCUT2D eigenvalue weighted by molar-refractivity contribution is 7.99. The van der Waals surface area contributed by atoms with Crippen LogP contribution in [0.15, 0.2) is 74.3 Å². The molecule has 5 rings (SSSR count). The number of halogens is 1. The highest BCUT2D eigenvalue weighted by atomic mass is 35.5. The zero-order valence-electron chi connectivity index (χ0n) is 13.7. The molecule has 0 saturated heterocycles. The number of aromatic nitrogens is 4. The Bertz CT molecular complexity index is 1220. The molecule has 0 amide bonds. The lowest BCUT2D eigenvalue weighted by Crippen LogP contribution is -3.00. The molecule has 0 bridgehead atoms. The van der Waals surface area contributed by atoms with Crippen LogP contribution < -0.4 is 18.0 Å². The number of para-hydroxylation sites is 1. The smallest absolute Gasteiger partial charge is 0.345 e. The Morgan fingerprint density at radius 1 is 1.11 bits per heavy atom. The highest BCUT2D eigenvalue weighted by Gasteiger charge is 2.22. The van der Waals surface area contributed by atoms with Crippen LogP contribution in [-0.4, -0.2) is 31.3 Å². The zero-order valence-corrected chi connectivity index (χ0v) is 15.3. The monoisotopic (exact) mass is 396 g/mol. The summed E-state index contributed by atoms with van der Waals surface area (Å²) in [6, 6.07) is 13.0. The minimum absolute atomic E-state index is 0. The molecule has 0 unspecified atom stereocenters. The summed E-state index contributed by atoms with van der Waals surface area (Å²) < 4.78 is 7.08. The van der Waals surface area contributed by atoms with Crippen LogP contribution in [-0.2, 0) is 0 Å². The summed E-state index contributed by atoms with van der Waals surface area (Å²) in [7, 11) is 0. The van der Waals surface area contributed by atoms with Gasteiger partial charge in [0, 0.05) is 29.1 Å². The van der Waals surface area contributed by atoms with Crippen molar-refractivity contribution in [2.45, 2.75) is 5.16 Å². The van der Waals surface area contributed by atoms with E-state index in [0.29, 0.717) is 33.6 Å². The number of rotatable bonds is 2. The summed E-state index contributed by atoms with van der Waals surface area (Å²) in [5, 5.41) is 14.5. The van der Waals surface area contributed by atoms with Gasteiger partial charge in [0.15, 0.2) is 5.82 Å². The molecule has 1 aliphatic rings. The van der Waals surface area contributed by atoms with Crippen LogP contribution in [0.1, 0.15) is 5.56 Å². The van der Waals surface area contributed by atoms with Crippen LogP contribution in [0.25, 0.3) is 22.4 Å². The molecule has 1 aliphatic heterocycles. The Hall–Kier alpha value is -2.97. The minimum Gasteiger partial charge on any atom is -1.00 e. The SMILES string of the molecule is O=c1oc2ccccc2cc1C1=Nn2c(nnc2-c2cccnc2)SC1.[Cl-]. The molecule has 3 aromatic heterocycles. The predicted octanol–water partition coefficient (Wildman–Crippen LogP) is -0.191. The number of thioether (sulfide) groups is 1. The van der Waals surface area contributed by atoms with Crippen molar-refractivity contribution in [3.63, 3.8) is 0 Å². The zero-order chi connectivity index (χ0) is 17.5. The summed E-state index contributed by atoms with van der Waals surface area (Å²) in [6.07, 6.45) is 3.40. The average molecular weight is 397 g/mol. The van der Waals surface area contributed by atoms with Gasteiger partial charge in [-0.3, -0.25) is 4.98 Å². The summed E-state index contributed by atoms with van der Waals surface area (Å²) in [5.41, 5.74) is 2.05. The van der Waals surface area contributed by atoms with Crippen molar-refractivity contribution in [3.8, 4) is 11.4 Å². The van der Waals surface area contributed by atoms with E-state index < -0.39 is 5.63 Å². The molecule has 7 nitrogen and oxygen atoms in total. The molecular weight excluding hydrogens is 386 g/mol. The maximum atomic E-state index is 12.4. The summed E-state index contributed by atoms with van der Waals surface area (Å²) in [5.74, 6) is 1.11. The molecule has 0 N–H and O–H groups in total. The van der Waals surface area contributed by atoms with Crippen molar-refractivity contribution in [2.75, 3.05) is 5.75 Å². The van der Waals surface area contributed by atoms with Gasteiger partial charge in [-0.05, 0) is 24.3 Å². The predicted molar refractivity (Wildman–Crippen MR) is 98.4 cm³/mol. The number of benzene rings is 1. The Kier molecular flexibility index (Phi) is 4.51. The van der Waals surface area contributed by atoms with Crippen molar-refractivity contribution in [2.24, 2.45) is 5.10 Å². The Labute approximate surface area is 163 Å². The first-order chi connectivity index (χ1) is 12.8. The van der Waals surface area contributed by atoms with Crippen LogP contribution in [0.2, 0.25) is 0 Å². The first-order valence-electron chi connectivity index (χ1n) is 7.89. The topological polar surface area (TPSA) is 86.2 Å². The lowest BCUT2D eigenvalue weighted by molar-refractivity contribution is -0.00000575. The van der Waals surface area contributed by atoms with Gasteiger partial charge >= 0.3 is 5.63 Å². The van der Waals surface area contributed by atoms with Crippen LogP contribution >= 0.6 is 11.8 Å². The van der Waals surface area contributed by atoms with Crippen molar-refractivity contribution in [1.29, 1.82) is 0 Å². The third kappa shape index (κ3) is 3.02. The first-order valence-corrected chi connectivity index (χ1v) is 8.88. The van der Waals surface area contributed by atoms with E-state index >= 15 is 0 Å². The Morgan fingerprint density at radius 2 is 2.00 bits per heavy atom. The van der Waals surface area contributed by atoms with Crippen LogP contribution in [0, 0.1) is 0 Å². The molecular formula is C18H11ClN5O2S-. The Balaban J connectivity index is 0.00000180. The fourth-order valence-corrected chi connectivity index (χ4v) is 3.63. The highest BCUT2D eigenvalue weighted by Crippen LogP contribution is 2.28. The van der Waals surface area contributed by atoms with E-state index in [-0.39, 0.29) is 12.4 Å². The standard InChI is InChI=1S/C18H11N5O2S.ClH/c24-17-13(8-11-4-1-2-6-15(11)25-17)14-10-26-18-21-20-16(23(18)22-14)12-5-3-7-19-9-12;/h1-9H,10H2;1H/p-1. The number of fused-ring (bicyclic) bond motifs is 2. The van der Waals surface area contributed by atoms with Gasteiger partial charge in [-0.2, -0.15) is 9.78 Å². The normalized spacial score (nSPS) is 13.0. The molecule has 27 heavy (non-hydrogen) atoms. The molecule has 0 aliphatic carbocycles. The molecule has 9 heteroatoms. The molecule has 4 heterocycles. The van der Waals surface area contributed by atoms with Crippen molar-refractivity contribution in [1.82, 2.24) is 19.9 Å². The Morgan fingerprint density at radius 3 is 2.85 bits per heavy atom. The second-order valence-electron chi connectivity index (χ2n) is 5.68. The molecule has 134 valence electrons. The third-order valence-corrected chi connectivity index (χ3v) is 4.97. The molecule has 0 saturated carbocycles. The van der Waals surface area contributed by atoms with Crippen molar-refractivity contribution in [3.05, 3.63) is 70.8 Å². The molecule has 1 aromatic carbocycles. The average Bonchev–Trinajstić information content (AvgIpc) is 3.11. The van der Waals surface area contributed by atoms with Gasteiger partial charge in [0.1, 0.15) is 5.58 Å². The van der Waals surface area contributed by atoms with Crippen LogP contribution in [0.4, 0.5) is 0 Å². The third-order valence-electron chi connectivity index (χ3n) is 4.04. The van der Waals surface area contributed by atoms with Gasteiger partial charge in [0.25, 0.3) is 0 Å². The summed E-state index contributed by atoms with van der Waals surface area (Å²) in [4.78, 5) is 16.5. The van der Waals surface area contributed by atoms with E-state index in [2.05, 4.69) is 20.3 Å². The van der Waals surface area contributed by atoms with E-state index in [1.54, 1.807) is 23.1 Å². The van der Waals surface area contributed by atoms with Gasteiger partial charge in [0.05, 0.1) is 11.3 Å². The van der Waals surface area contributed by atoms with E-state index in [9.17, 15) is 4.79 Å². The van der Waals surface area contributed by atoms with Gasteiger partial charge < -0.3 is 16.8 Å². The lowest BCUT2D eigenvalue weighted by atomic mass is 10.1. The fraction of sp³-hybridized carbons (Fsp3) is 0.0556. The second kappa shape index (κ2) is 6.98. The van der Waals surface area contributed by atoms with Crippen LogP contribution in [0.5, 0.6) is 0 Å². The van der Waals surface area contributed by atoms with E-state index in [1.165, 1.54) is 11.8 Å². The minimum atomic E-state index is -0.400. The van der Waals surface area contributed by atoms with Gasteiger partial charge in [0.2, 0.25) is 5.16 Å². The van der Waals surface area contributed by atoms with Gasteiger partial charge in [-0.25, -0.2) is 4.79 Å². The van der Waals surface area contributed by atoms with Crippen molar-refractivity contribution < 1.29 is 16.8 Å². The van der Waals surface area contributed by atoms with E-state index in [1.807, 2.05) is 36.4 Å². The molecule has 0 atom stereocenters. The lowest BCUT2D eigenvalue weighted by Gasteiger charge is -2.13. The van der Waals surface area contributed by atoms with Gasteiger partial charge in [-0.1, -0.05) is 30.0 Å². The number of hydrogen-bond donors (Lipinski definition) is 0. The first kappa shape index (κ1) is 17.4. The second-order valence-corrected chi connectivity index (χ2v) is 6.62.